The van der Waals surface area contributed by atoms with Gasteiger partial charge in [-0.15, -0.1) is 12.4 Å². The zero-order chi connectivity index (χ0) is 15.1. The van der Waals surface area contributed by atoms with Crippen LogP contribution < -0.4 is 15.8 Å². The fourth-order valence-electron chi connectivity index (χ4n) is 2.10. The minimum absolute atomic E-state index is 0. The predicted octanol–water partition coefficient (Wildman–Crippen LogP) is 1.58. The molecule has 2 unspecified atom stereocenters. The van der Waals surface area contributed by atoms with Gasteiger partial charge in [-0.3, -0.25) is 4.79 Å². The van der Waals surface area contributed by atoms with E-state index in [0.717, 1.165) is 24.5 Å². The minimum atomic E-state index is -0.255. The fraction of sp³-hybridized carbons (Fsp3) is 0.533. The van der Waals surface area contributed by atoms with E-state index in [1.807, 2.05) is 24.3 Å². The zero-order valence-corrected chi connectivity index (χ0v) is 13.4. The van der Waals surface area contributed by atoms with Gasteiger partial charge in [0.25, 0.3) is 0 Å². The lowest BCUT2D eigenvalue weighted by molar-refractivity contribution is -0.118. The zero-order valence-electron chi connectivity index (χ0n) is 12.6. The van der Waals surface area contributed by atoms with Crippen LogP contribution in [-0.4, -0.2) is 45.0 Å². The fourth-order valence-corrected chi connectivity index (χ4v) is 2.10. The highest BCUT2D eigenvalue weighted by Crippen LogP contribution is 2.19. The summed E-state index contributed by atoms with van der Waals surface area (Å²) in [6, 6.07) is 7.30. The molecule has 1 aliphatic rings. The molecule has 0 aliphatic carbocycles. The van der Waals surface area contributed by atoms with Gasteiger partial charge in [0.05, 0.1) is 25.7 Å². The first kappa shape index (κ1) is 18.7. The minimum Gasteiger partial charge on any atom is -0.488 e. The van der Waals surface area contributed by atoms with Crippen molar-refractivity contribution in [1.82, 2.24) is 0 Å². The van der Waals surface area contributed by atoms with Crippen LogP contribution in [0.5, 0.6) is 5.75 Å². The SMILES string of the molecule is COC(CN)CC(=O)Nc1ccc(OC2CCOC2)cc1.Cl. The van der Waals surface area contributed by atoms with Crippen molar-refractivity contribution in [2.75, 3.05) is 32.2 Å². The Morgan fingerprint density at radius 3 is 2.73 bits per heavy atom. The molecule has 1 aromatic carbocycles. The van der Waals surface area contributed by atoms with Gasteiger partial charge in [0, 0.05) is 25.8 Å². The maximum absolute atomic E-state index is 11.8. The summed E-state index contributed by atoms with van der Waals surface area (Å²) in [5.41, 5.74) is 6.21. The summed E-state index contributed by atoms with van der Waals surface area (Å²) in [6.45, 7) is 1.71. The lowest BCUT2D eigenvalue weighted by Gasteiger charge is -2.14. The Kier molecular flexibility index (Phi) is 8.19. The van der Waals surface area contributed by atoms with E-state index in [-0.39, 0.29) is 36.9 Å². The molecule has 6 nitrogen and oxygen atoms in total. The quantitative estimate of drug-likeness (QED) is 0.793. The number of carbonyl (C=O) groups is 1. The monoisotopic (exact) mass is 330 g/mol. The number of hydrogen-bond donors (Lipinski definition) is 2. The van der Waals surface area contributed by atoms with Gasteiger partial charge in [0.1, 0.15) is 11.9 Å². The average Bonchev–Trinajstić information content (AvgIpc) is 3.00. The first-order valence-electron chi connectivity index (χ1n) is 7.08. The standard InChI is InChI=1S/C15H22N2O4.ClH/c1-19-14(9-16)8-15(18)17-11-2-4-12(5-3-11)21-13-6-7-20-10-13;/h2-5,13-14H,6-10,16H2,1H3,(H,17,18);1H. The topological polar surface area (TPSA) is 82.8 Å². The number of halogens is 1. The van der Waals surface area contributed by atoms with Gasteiger partial charge < -0.3 is 25.3 Å². The summed E-state index contributed by atoms with van der Waals surface area (Å²) in [7, 11) is 1.55. The first-order valence-corrected chi connectivity index (χ1v) is 7.08. The molecule has 0 aromatic heterocycles. The molecule has 1 aliphatic heterocycles. The Morgan fingerprint density at radius 2 is 2.18 bits per heavy atom. The average molecular weight is 331 g/mol. The molecule has 2 atom stereocenters. The molecule has 0 spiro atoms. The molecule has 1 amide bonds. The number of nitrogens with two attached hydrogens (primary N) is 1. The lowest BCUT2D eigenvalue weighted by atomic mass is 10.2. The van der Waals surface area contributed by atoms with Crippen molar-refractivity contribution in [1.29, 1.82) is 0 Å². The van der Waals surface area contributed by atoms with Crippen molar-refractivity contribution in [3.05, 3.63) is 24.3 Å². The second kappa shape index (κ2) is 9.63. The molecule has 1 saturated heterocycles. The molecule has 1 fully saturated rings. The summed E-state index contributed by atoms with van der Waals surface area (Å²) in [4.78, 5) is 11.8. The first-order chi connectivity index (χ1) is 10.2. The number of hydrogen-bond acceptors (Lipinski definition) is 5. The third-order valence-electron chi connectivity index (χ3n) is 3.34. The Balaban J connectivity index is 0.00000242. The van der Waals surface area contributed by atoms with Gasteiger partial charge in [0.2, 0.25) is 5.91 Å². The molecule has 0 radical (unpaired) electrons. The molecule has 0 bridgehead atoms. The second-order valence-corrected chi connectivity index (χ2v) is 4.97. The van der Waals surface area contributed by atoms with Crippen LogP contribution in [0.1, 0.15) is 12.8 Å². The maximum Gasteiger partial charge on any atom is 0.227 e. The summed E-state index contributed by atoms with van der Waals surface area (Å²) in [6.07, 6.45) is 1.02. The van der Waals surface area contributed by atoms with Crippen LogP contribution in [0.3, 0.4) is 0 Å². The number of anilines is 1. The van der Waals surface area contributed by atoms with Crippen LogP contribution in [0.15, 0.2) is 24.3 Å². The third-order valence-corrected chi connectivity index (χ3v) is 3.34. The summed E-state index contributed by atoms with van der Waals surface area (Å²) in [5.74, 6) is 0.658. The number of methoxy groups -OCH3 is 1. The Morgan fingerprint density at radius 1 is 1.45 bits per heavy atom. The molecular formula is C15H23ClN2O4. The van der Waals surface area contributed by atoms with E-state index >= 15 is 0 Å². The number of carbonyl (C=O) groups excluding carboxylic acids is 1. The van der Waals surface area contributed by atoms with Crippen LogP contribution in [0, 0.1) is 0 Å². The number of benzene rings is 1. The number of ether oxygens (including phenoxy) is 3. The van der Waals surface area contributed by atoms with E-state index in [1.54, 1.807) is 7.11 Å². The van der Waals surface area contributed by atoms with E-state index < -0.39 is 0 Å². The van der Waals surface area contributed by atoms with Gasteiger partial charge in [-0.2, -0.15) is 0 Å². The van der Waals surface area contributed by atoms with Gasteiger partial charge in [-0.25, -0.2) is 0 Å². The maximum atomic E-state index is 11.8. The van der Waals surface area contributed by atoms with Crippen molar-refractivity contribution in [3.8, 4) is 5.75 Å². The van der Waals surface area contributed by atoms with Gasteiger partial charge >= 0.3 is 0 Å². The summed E-state index contributed by atoms with van der Waals surface area (Å²) < 4.78 is 16.1. The normalized spacial score (nSPS) is 18.4. The smallest absolute Gasteiger partial charge is 0.227 e. The van der Waals surface area contributed by atoms with Crippen LogP contribution in [0.2, 0.25) is 0 Å². The van der Waals surface area contributed by atoms with E-state index in [0.29, 0.717) is 13.2 Å². The van der Waals surface area contributed by atoms with E-state index in [9.17, 15) is 4.79 Å². The molecular weight excluding hydrogens is 308 g/mol. The van der Waals surface area contributed by atoms with Crippen molar-refractivity contribution >= 4 is 24.0 Å². The van der Waals surface area contributed by atoms with Crippen LogP contribution in [0.4, 0.5) is 5.69 Å². The Hall–Kier alpha value is -1.34. The van der Waals surface area contributed by atoms with Crippen molar-refractivity contribution in [2.45, 2.75) is 25.0 Å². The Bertz CT molecular complexity index is 445. The highest BCUT2D eigenvalue weighted by molar-refractivity contribution is 5.91. The molecule has 1 aromatic rings. The molecule has 7 heteroatoms. The van der Waals surface area contributed by atoms with E-state index in [2.05, 4.69) is 5.32 Å². The predicted molar refractivity (Wildman–Crippen MR) is 86.6 cm³/mol. The third kappa shape index (κ3) is 5.81. The van der Waals surface area contributed by atoms with Crippen LogP contribution in [-0.2, 0) is 14.3 Å². The summed E-state index contributed by atoms with van der Waals surface area (Å²) >= 11 is 0. The summed E-state index contributed by atoms with van der Waals surface area (Å²) in [5, 5.41) is 2.81. The number of nitrogens with one attached hydrogen (secondary N) is 1. The van der Waals surface area contributed by atoms with Gasteiger partial charge in [-0.05, 0) is 24.3 Å². The van der Waals surface area contributed by atoms with Crippen LogP contribution in [0.25, 0.3) is 0 Å². The van der Waals surface area contributed by atoms with Crippen molar-refractivity contribution < 1.29 is 19.0 Å². The molecule has 3 N–H and O–H groups in total. The van der Waals surface area contributed by atoms with Crippen molar-refractivity contribution in [2.24, 2.45) is 5.73 Å². The highest BCUT2D eigenvalue weighted by atomic mass is 35.5. The van der Waals surface area contributed by atoms with Gasteiger partial charge in [0.15, 0.2) is 0 Å². The molecule has 0 saturated carbocycles. The second-order valence-electron chi connectivity index (χ2n) is 4.97. The largest absolute Gasteiger partial charge is 0.488 e. The van der Waals surface area contributed by atoms with Gasteiger partial charge in [-0.1, -0.05) is 0 Å². The highest BCUT2D eigenvalue weighted by Gasteiger charge is 2.17. The van der Waals surface area contributed by atoms with Crippen molar-refractivity contribution in [3.63, 3.8) is 0 Å². The molecule has 2 rings (SSSR count). The molecule has 124 valence electrons. The number of rotatable bonds is 7. The van der Waals surface area contributed by atoms with Crippen LogP contribution >= 0.6 is 12.4 Å². The lowest BCUT2D eigenvalue weighted by Crippen LogP contribution is -2.28. The van der Waals surface area contributed by atoms with E-state index in [4.69, 9.17) is 19.9 Å². The Labute approximate surface area is 136 Å². The van der Waals surface area contributed by atoms with E-state index in [1.165, 1.54) is 0 Å². The number of amides is 1. The molecule has 22 heavy (non-hydrogen) atoms. The molecule has 1 heterocycles.